The molecule has 2 aliphatic rings. The molecule has 0 amide bonds. The molecule has 2 unspecified atom stereocenters. The van der Waals surface area contributed by atoms with Crippen molar-refractivity contribution in [2.75, 3.05) is 20.1 Å². The van der Waals surface area contributed by atoms with Gasteiger partial charge in [-0.2, -0.15) is 0 Å². The maximum atomic E-state index is 5.88. The average molecular weight is 238 g/mol. The first-order valence-corrected chi connectivity index (χ1v) is 7.61. The molecule has 0 aromatic heterocycles. The van der Waals surface area contributed by atoms with Gasteiger partial charge >= 0.3 is 0 Å². The molecule has 2 atom stereocenters. The van der Waals surface area contributed by atoms with Crippen molar-refractivity contribution in [1.82, 2.24) is 4.90 Å². The Morgan fingerprint density at radius 1 is 1.00 bits per heavy atom. The fraction of sp³-hybridized carbons (Fsp3) is 1.00. The Labute approximate surface area is 107 Å². The Balaban J connectivity index is 1.78. The van der Waals surface area contributed by atoms with Crippen molar-refractivity contribution >= 4 is 0 Å². The predicted octanol–water partition coefficient (Wildman–Crippen LogP) is 2.87. The van der Waals surface area contributed by atoms with E-state index >= 15 is 0 Å². The van der Waals surface area contributed by atoms with Gasteiger partial charge in [0.2, 0.25) is 0 Å². The number of hydrogen-bond acceptors (Lipinski definition) is 2. The van der Waals surface area contributed by atoms with E-state index in [0.29, 0.717) is 0 Å². The molecule has 0 aliphatic heterocycles. The fourth-order valence-electron chi connectivity index (χ4n) is 3.87. The third kappa shape index (κ3) is 3.45. The lowest BCUT2D eigenvalue weighted by molar-refractivity contribution is 0.139. The average Bonchev–Trinajstić information content (AvgIpc) is 2.77. The summed E-state index contributed by atoms with van der Waals surface area (Å²) < 4.78 is 0. The van der Waals surface area contributed by atoms with Crippen molar-refractivity contribution in [3.8, 4) is 0 Å². The first-order chi connectivity index (χ1) is 8.20. The van der Waals surface area contributed by atoms with Crippen LogP contribution in [0.5, 0.6) is 0 Å². The summed E-state index contributed by atoms with van der Waals surface area (Å²) in [7, 11) is 2.34. The highest BCUT2D eigenvalue weighted by Gasteiger charge is 2.29. The van der Waals surface area contributed by atoms with Gasteiger partial charge in [0.25, 0.3) is 0 Å². The van der Waals surface area contributed by atoms with E-state index in [2.05, 4.69) is 18.9 Å². The van der Waals surface area contributed by atoms with Crippen LogP contribution >= 0.6 is 0 Å². The van der Waals surface area contributed by atoms with Gasteiger partial charge in [-0.1, -0.05) is 13.3 Å². The molecule has 2 aliphatic carbocycles. The summed E-state index contributed by atoms with van der Waals surface area (Å²) in [6.45, 7) is 4.60. The Hall–Kier alpha value is -0.0800. The summed E-state index contributed by atoms with van der Waals surface area (Å²) in [5.41, 5.74) is 5.88. The summed E-state index contributed by atoms with van der Waals surface area (Å²) in [4.78, 5) is 2.64. The van der Waals surface area contributed by atoms with E-state index in [-0.39, 0.29) is 0 Å². The Bertz CT molecular complexity index is 221. The lowest BCUT2D eigenvalue weighted by Crippen LogP contribution is -2.39. The van der Waals surface area contributed by atoms with E-state index in [4.69, 9.17) is 5.73 Å². The summed E-state index contributed by atoms with van der Waals surface area (Å²) in [6.07, 6.45) is 9.88. The van der Waals surface area contributed by atoms with Crippen molar-refractivity contribution in [3.05, 3.63) is 0 Å². The largest absolute Gasteiger partial charge is 0.330 e. The zero-order chi connectivity index (χ0) is 12.3. The van der Waals surface area contributed by atoms with Crippen LogP contribution < -0.4 is 5.73 Å². The third-order valence-corrected chi connectivity index (χ3v) is 5.25. The van der Waals surface area contributed by atoms with Gasteiger partial charge in [-0.15, -0.1) is 0 Å². The van der Waals surface area contributed by atoms with Crippen LogP contribution in [-0.4, -0.2) is 31.1 Å². The smallest absolute Gasteiger partial charge is 0.00925 e. The minimum Gasteiger partial charge on any atom is -0.330 e. The first kappa shape index (κ1) is 13.4. The van der Waals surface area contributed by atoms with E-state index in [1.807, 2.05) is 0 Å². The van der Waals surface area contributed by atoms with E-state index in [9.17, 15) is 0 Å². The van der Waals surface area contributed by atoms with Crippen LogP contribution in [-0.2, 0) is 0 Å². The maximum Gasteiger partial charge on any atom is 0.00925 e. The minimum absolute atomic E-state index is 0.806. The molecule has 2 N–H and O–H groups in total. The SMILES string of the molecule is CC1CCC(N(C)CC2CCCC2CN)CC1. The molecule has 17 heavy (non-hydrogen) atoms. The van der Waals surface area contributed by atoms with Gasteiger partial charge in [0.1, 0.15) is 0 Å². The van der Waals surface area contributed by atoms with Crippen LogP contribution in [0.15, 0.2) is 0 Å². The molecule has 0 bridgehead atoms. The highest BCUT2D eigenvalue weighted by Crippen LogP contribution is 2.33. The zero-order valence-electron chi connectivity index (χ0n) is 11.7. The van der Waals surface area contributed by atoms with Crippen LogP contribution in [0, 0.1) is 17.8 Å². The molecule has 0 heterocycles. The molecule has 0 spiro atoms. The summed E-state index contributed by atoms with van der Waals surface area (Å²) >= 11 is 0. The summed E-state index contributed by atoms with van der Waals surface area (Å²) in [5.74, 6) is 2.65. The van der Waals surface area contributed by atoms with Gasteiger partial charge in [-0.25, -0.2) is 0 Å². The zero-order valence-corrected chi connectivity index (χ0v) is 11.7. The van der Waals surface area contributed by atoms with Gasteiger partial charge < -0.3 is 10.6 Å². The van der Waals surface area contributed by atoms with E-state index in [1.54, 1.807) is 0 Å². The standard InChI is InChI=1S/C15H30N2/c1-12-6-8-15(9-7-12)17(2)11-14-5-3-4-13(14)10-16/h12-15H,3-11,16H2,1-2H3. The monoisotopic (exact) mass is 238 g/mol. The topological polar surface area (TPSA) is 29.3 Å². The van der Waals surface area contributed by atoms with Crippen molar-refractivity contribution < 1.29 is 0 Å². The van der Waals surface area contributed by atoms with E-state index < -0.39 is 0 Å². The van der Waals surface area contributed by atoms with E-state index in [1.165, 1.54) is 51.5 Å². The molecule has 100 valence electrons. The minimum atomic E-state index is 0.806. The van der Waals surface area contributed by atoms with Crippen molar-refractivity contribution in [2.24, 2.45) is 23.5 Å². The molecule has 2 heteroatoms. The van der Waals surface area contributed by atoms with Crippen LogP contribution in [0.25, 0.3) is 0 Å². The molecule has 0 saturated heterocycles. The lowest BCUT2D eigenvalue weighted by atomic mass is 9.86. The van der Waals surface area contributed by atoms with Crippen LogP contribution in [0.3, 0.4) is 0 Å². The summed E-state index contributed by atoms with van der Waals surface area (Å²) in [6, 6.07) is 0.852. The van der Waals surface area contributed by atoms with Crippen molar-refractivity contribution in [3.63, 3.8) is 0 Å². The lowest BCUT2D eigenvalue weighted by Gasteiger charge is -2.36. The highest BCUT2D eigenvalue weighted by atomic mass is 15.1. The van der Waals surface area contributed by atoms with Gasteiger partial charge in [0.05, 0.1) is 0 Å². The number of hydrogen-bond donors (Lipinski definition) is 1. The number of nitrogens with two attached hydrogens (primary N) is 1. The van der Waals surface area contributed by atoms with Gasteiger partial charge in [0.15, 0.2) is 0 Å². The first-order valence-electron chi connectivity index (χ1n) is 7.61. The predicted molar refractivity (Wildman–Crippen MR) is 73.9 cm³/mol. The molecule has 2 rings (SSSR count). The summed E-state index contributed by atoms with van der Waals surface area (Å²) in [5, 5.41) is 0. The third-order valence-electron chi connectivity index (χ3n) is 5.25. The maximum absolute atomic E-state index is 5.88. The van der Waals surface area contributed by atoms with Crippen molar-refractivity contribution in [1.29, 1.82) is 0 Å². The fourth-order valence-corrected chi connectivity index (χ4v) is 3.87. The van der Waals surface area contributed by atoms with E-state index in [0.717, 1.165) is 30.3 Å². The number of nitrogens with zero attached hydrogens (tertiary/aromatic N) is 1. The second kappa shape index (κ2) is 6.19. The number of rotatable bonds is 4. The molecule has 2 saturated carbocycles. The van der Waals surface area contributed by atoms with Crippen molar-refractivity contribution in [2.45, 2.75) is 57.9 Å². The van der Waals surface area contributed by atoms with Crippen LogP contribution in [0.1, 0.15) is 51.9 Å². The normalized spacial score (nSPS) is 38.8. The molecule has 0 aromatic carbocycles. The Morgan fingerprint density at radius 2 is 1.65 bits per heavy atom. The second-order valence-electron chi connectivity index (χ2n) is 6.54. The molecule has 2 nitrogen and oxygen atoms in total. The van der Waals surface area contributed by atoms with Gasteiger partial charge in [0, 0.05) is 12.6 Å². The van der Waals surface area contributed by atoms with Crippen LogP contribution in [0.4, 0.5) is 0 Å². The quantitative estimate of drug-likeness (QED) is 0.816. The highest BCUT2D eigenvalue weighted by molar-refractivity contribution is 4.83. The van der Waals surface area contributed by atoms with Gasteiger partial charge in [-0.3, -0.25) is 0 Å². The molecular formula is C15H30N2. The molecule has 0 aromatic rings. The molecule has 2 fully saturated rings. The van der Waals surface area contributed by atoms with Gasteiger partial charge in [-0.05, 0) is 69.9 Å². The molecule has 0 radical (unpaired) electrons. The van der Waals surface area contributed by atoms with Crippen LogP contribution in [0.2, 0.25) is 0 Å². The Morgan fingerprint density at radius 3 is 2.29 bits per heavy atom. The molecular weight excluding hydrogens is 208 g/mol. The Kier molecular flexibility index (Phi) is 4.87. The second-order valence-corrected chi connectivity index (χ2v) is 6.54.